The van der Waals surface area contributed by atoms with Gasteiger partial charge in [0.05, 0.1) is 0 Å². The van der Waals surface area contributed by atoms with Gasteiger partial charge < -0.3 is 4.98 Å². The van der Waals surface area contributed by atoms with Crippen LogP contribution in [0.3, 0.4) is 0 Å². The number of benzene rings is 1. The fourth-order valence-corrected chi connectivity index (χ4v) is 1.85. The lowest BCUT2D eigenvalue weighted by molar-refractivity contribution is -0.113. The number of aromatic nitrogens is 1. The van der Waals surface area contributed by atoms with E-state index >= 15 is 0 Å². The first-order valence-electron chi connectivity index (χ1n) is 5.35. The maximum atomic E-state index is 11.0. The summed E-state index contributed by atoms with van der Waals surface area (Å²) in [6.45, 7) is 0. The van der Waals surface area contributed by atoms with Gasteiger partial charge >= 0.3 is 0 Å². The standard InChI is InChI=1S/C14H13NO/c1-2-12(16)7-5-6-11-10-15-14-9-4-3-8-13(11)14/h1,3-4,8-10,15H,5-7H2. The first-order valence-corrected chi connectivity index (χ1v) is 5.35. The summed E-state index contributed by atoms with van der Waals surface area (Å²) >= 11 is 0. The Morgan fingerprint density at radius 1 is 1.38 bits per heavy atom. The molecule has 0 radical (unpaired) electrons. The second kappa shape index (κ2) is 4.67. The van der Waals surface area contributed by atoms with Crippen LogP contribution in [-0.2, 0) is 11.2 Å². The average molecular weight is 211 g/mol. The number of terminal acetylenes is 1. The van der Waals surface area contributed by atoms with Crippen LogP contribution < -0.4 is 0 Å². The fraction of sp³-hybridized carbons (Fsp3) is 0.214. The molecule has 0 saturated heterocycles. The van der Waals surface area contributed by atoms with E-state index in [-0.39, 0.29) is 5.78 Å². The van der Waals surface area contributed by atoms with E-state index in [4.69, 9.17) is 6.42 Å². The number of hydrogen-bond acceptors (Lipinski definition) is 1. The number of carbonyl (C=O) groups excluding carboxylic acids is 1. The monoisotopic (exact) mass is 211 g/mol. The van der Waals surface area contributed by atoms with Crippen molar-refractivity contribution >= 4 is 16.7 Å². The number of fused-ring (bicyclic) bond motifs is 1. The number of rotatable bonds is 4. The van der Waals surface area contributed by atoms with Gasteiger partial charge in [-0.3, -0.25) is 4.79 Å². The SMILES string of the molecule is C#CC(=O)CCCc1c[nH]c2ccccc12. The Morgan fingerprint density at radius 2 is 2.19 bits per heavy atom. The van der Waals surface area contributed by atoms with Gasteiger partial charge in [0.2, 0.25) is 5.78 Å². The zero-order valence-corrected chi connectivity index (χ0v) is 8.99. The Balaban J connectivity index is 2.05. The molecule has 2 nitrogen and oxygen atoms in total. The van der Waals surface area contributed by atoms with Gasteiger partial charge in [-0.25, -0.2) is 0 Å². The van der Waals surface area contributed by atoms with Crippen molar-refractivity contribution in [2.75, 3.05) is 0 Å². The molecule has 0 unspecified atom stereocenters. The maximum Gasteiger partial charge on any atom is 0.205 e. The minimum atomic E-state index is -0.111. The lowest BCUT2D eigenvalue weighted by Crippen LogP contribution is -1.94. The van der Waals surface area contributed by atoms with Crippen LogP contribution in [0, 0.1) is 12.3 Å². The number of aromatic amines is 1. The molecule has 1 aromatic carbocycles. The molecule has 0 fully saturated rings. The molecule has 0 amide bonds. The van der Waals surface area contributed by atoms with E-state index in [0.29, 0.717) is 6.42 Å². The Labute approximate surface area is 94.7 Å². The molecule has 2 rings (SSSR count). The molecule has 80 valence electrons. The molecule has 2 aromatic rings. The topological polar surface area (TPSA) is 32.9 Å². The number of ketones is 1. The number of H-pyrrole nitrogens is 1. The first kappa shape index (κ1) is 10.5. The highest BCUT2D eigenvalue weighted by Crippen LogP contribution is 2.19. The number of carbonyl (C=O) groups is 1. The summed E-state index contributed by atoms with van der Waals surface area (Å²) in [4.78, 5) is 14.2. The van der Waals surface area contributed by atoms with Gasteiger partial charge in [-0.2, -0.15) is 0 Å². The lowest BCUT2D eigenvalue weighted by atomic mass is 10.1. The minimum absolute atomic E-state index is 0.111. The molecule has 1 N–H and O–H groups in total. The van der Waals surface area contributed by atoms with Gasteiger partial charge in [0.25, 0.3) is 0 Å². The Hall–Kier alpha value is -2.01. The third kappa shape index (κ3) is 2.14. The zero-order chi connectivity index (χ0) is 11.4. The van der Waals surface area contributed by atoms with Gasteiger partial charge in [0.15, 0.2) is 0 Å². The molecular weight excluding hydrogens is 198 g/mol. The van der Waals surface area contributed by atoms with Crippen LogP contribution >= 0.6 is 0 Å². The van der Waals surface area contributed by atoms with Crippen molar-refractivity contribution in [3.05, 3.63) is 36.0 Å². The third-order valence-electron chi connectivity index (χ3n) is 2.69. The van der Waals surface area contributed by atoms with E-state index < -0.39 is 0 Å². The summed E-state index contributed by atoms with van der Waals surface area (Å²) in [5.74, 6) is 2.02. The number of hydrogen-bond donors (Lipinski definition) is 1. The summed E-state index contributed by atoms with van der Waals surface area (Å²) in [6.07, 6.45) is 9.19. The number of para-hydroxylation sites is 1. The normalized spacial score (nSPS) is 10.2. The lowest BCUT2D eigenvalue weighted by Gasteiger charge is -1.97. The van der Waals surface area contributed by atoms with Crippen molar-refractivity contribution in [3.8, 4) is 12.3 Å². The van der Waals surface area contributed by atoms with Crippen LogP contribution in [0.25, 0.3) is 10.9 Å². The van der Waals surface area contributed by atoms with Gasteiger partial charge in [-0.15, -0.1) is 6.42 Å². The summed E-state index contributed by atoms with van der Waals surface area (Å²) in [6, 6.07) is 8.16. The molecule has 0 spiro atoms. The second-order valence-corrected chi connectivity index (χ2v) is 3.78. The molecule has 0 aliphatic carbocycles. The Kier molecular flexibility index (Phi) is 3.07. The fourth-order valence-electron chi connectivity index (χ4n) is 1.85. The molecule has 0 saturated carbocycles. The molecular formula is C14H13NO. The molecule has 0 atom stereocenters. The van der Waals surface area contributed by atoms with E-state index in [1.165, 1.54) is 10.9 Å². The van der Waals surface area contributed by atoms with Crippen LogP contribution in [-0.4, -0.2) is 10.8 Å². The van der Waals surface area contributed by atoms with Crippen molar-refractivity contribution in [1.29, 1.82) is 0 Å². The van der Waals surface area contributed by atoms with E-state index in [1.54, 1.807) is 0 Å². The van der Waals surface area contributed by atoms with E-state index in [2.05, 4.69) is 17.0 Å². The van der Waals surface area contributed by atoms with E-state index in [0.717, 1.165) is 18.4 Å². The molecule has 1 heterocycles. The highest BCUT2D eigenvalue weighted by molar-refractivity contribution is 5.94. The number of nitrogens with one attached hydrogen (secondary N) is 1. The van der Waals surface area contributed by atoms with Crippen molar-refractivity contribution in [2.45, 2.75) is 19.3 Å². The van der Waals surface area contributed by atoms with Crippen molar-refractivity contribution in [3.63, 3.8) is 0 Å². The molecule has 0 aliphatic rings. The van der Waals surface area contributed by atoms with Crippen LogP contribution in [0.2, 0.25) is 0 Å². The highest BCUT2D eigenvalue weighted by atomic mass is 16.1. The number of aryl methyl sites for hydroxylation is 1. The largest absolute Gasteiger partial charge is 0.361 e. The van der Waals surface area contributed by atoms with Crippen LogP contribution in [0.15, 0.2) is 30.5 Å². The van der Waals surface area contributed by atoms with E-state index in [9.17, 15) is 4.79 Å². The molecule has 16 heavy (non-hydrogen) atoms. The maximum absolute atomic E-state index is 11.0. The quantitative estimate of drug-likeness (QED) is 0.612. The number of Topliss-reactive ketones (excluding diaryl/α,β-unsaturated/α-hetero) is 1. The van der Waals surface area contributed by atoms with Gasteiger partial charge in [0, 0.05) is 23.5 Å². The van der Waals surface area contributed by atoms with E-state index in [1.807, 2.05) is 24.4 Å². The summed E-state index contributed by atoms with van der Waals surface area (Å²) < 4.78 is 0. The highest BCUT2D eigenvalue weighted by Gasteiger charge is 2.03. The van der Waals surface area contributed by atoms with Crippen LogP contribution in [0.5, 0.6) is 0 Å². The smallest absolute Gasteiger partial charge is 0.205 e. The molecule has 0 aliphatic heterocycles. The van der Waals surface area contributed by atoms with Crippen molar-refractivity contribution < 1.29 is 4.79 Å². The molecule has 1 aromatic heterocycles. The van der Waals surface area contributed by atoms with Crippen molar-refractivity contribution in [1.82, 2.24) is 4.98 Å². The van der Waals surface area contributed by atoms with Gasteiger partial charge in [-0.1, -0.05) is 18.2 Å². The first-order chi connectivity index (χ1) is 7.81. The van der Waals surface area contributed by atoms with Gasteiger partial charge in [0.1, 0.15) is 0 Å². The third-order valence-corrected chi connectivity index (χ3v) is 2.69. The van der Waals surface area contributed by atoms with Crippen LogP contribution in [0.1, 0.15) is 18.4 Å². The molecule has 0 bridgehead atoms. The zero-order valence-electron chi connectivity index (χ0n) is 8.99. The van der Waals surface area contributed by atoms with Gasteiger partial charge in [-0.05, 0) is 30.4 Å². The average Bonchev–Trinajstić information content (AvgIpc) is 2.73. The Bertz CT molecular complexity index is 545. The summed E-state index contributed by atoms with van der Waals surface area (Å²) in [7, 11) is 0. The minimum Gasteiger partial charge on any atom is -0.361 e. The Morgan fingerprint density at radius 3 is 3.00 bits per heavy atom. The summed E-state index contributed by atoms with van der Waals surface area (Å²) in [5, 5.41) is 1.23. The second-order valence-electron chi connectivity index (χ2n) is 3.78. The molecule has 2 heteroatoms. The predicted octanol–water partition coefficient (Wildman–Crippen LogP) is 2.69. The predicted molar refractivity (Wildman–Crippen MR) is 65.1 cm³/mol. The van der Waals surface area contributed by atoms with Crippen LogP contribution in [0.4, 0.5) is 0 Å². The summed E-state index contributed by atoms with van der Waals surface area (Å²) in [5.41, 5.74) is 2.39. The van der Waals surface area contributed by atoms with Crippen molar-refractivity contribution in [2.24, 2.45) is 0 Å².